The summed E-state index contributed by atoms with van der Waals surface area (Å²) in [4.78, 5) is 51.9. The van der Waals surface area contributed by atoms with Gasteiger partial charge >= 0.3 is 6.09 Å². The third kappa shape index (κ3) is 11.5. The Hall–Kier alpha value is -3.67. The van der Waals surface area contributed by atoms with Gasteiger partial charge in [0.1, 0.15) is 25.0 Å². The molecule has 33 heavy (non-hydrogen) atoms. The first kappa shape index (κ1) is 27.4. The van der Waals surface area contributed by atoms with E-state index in [2.05, 4.69) is 20.9 Å². The van der Waals surface area contributed by atoms with Crippen LogP contribution in [0.5, 0.6) is 0 Å². The lowest BCUT2D eigenvalue weighted by molar-refractivity contribution is -0.130. The average molecular weight is 465 g/mol. The van der Waals surface area contributed by atoms with Gasteiger partial charge in [0.2, 0.25) is 11.8 Å². The Morgan fingerprint density at radius 3 is 2.39 bits per heavy atom. The molecule has 1 aromatic rings. The zero-order valence-corrected chi connectivity index (χ0v) is 18.5. The number of carbonyl (C=O) groups is 4. The molecule has 8 N–H and O–H groups in total. The van der Waals surface area contributed by atoms with Crippen molar-refractivity contribution in [3.05, 3.63) is 35.9 Å². The molecule has 0 fully saturated rings. The van der Waals surface area contributed by atoms with Crippen molar-refractivity contribution in [2.24, 2.45) is 16.5 Å². The summed E-state index contributed by atoms with van der Waals surface area (Å²) in [6.45, 7) is 1.37. The van der Waals surface area contributed by atoms with Crippen molar-refractivity contribution < 1.29 is 29.0 Å². The van der Waals surface area contributed by atoms with Crippen LogP contribution >= 0.6 is 0 Å². The summed E-state index contributed by atoms with van der Waals surface area (Å²) in [5, 5.41) is 16.6. The monoisotopic (exact) mass is 464 g/mol. The van der Waals surface area contributed by atoms with E-state index in [4.69, 9.17) is 16.2 Å². The Kier molecular flexibility index (Phi) is 12.6. The minimum Gasteiger partial charge on any atom is -0.445 e. The van der Waals surface area contributed by atoms with Gasteiger partial charge in [-0.25, -0.2) is 4.79 Å². The molecule has 1 rings (SSSR count). The number of ether oxygens (including phenoxy) is 1. The van der Waals surface area contributed by atoms with E-state index in [0.29, 0.717) is 25.7 Å². The van der Waals surface area contributed by atoms with Crippen molar-refractivity contribution in [1.82, 2.24) is 16.0 Å². The van der Waals surface area contributed by atoms with Crippen molar-refractivity contribution in [3.63, 3.8) is 0 Å². The second kappa shape index (κ2) is 15.2. The Bertz CT molecular complexity index is 800. The number of aliphatic hydroxyl groups excluding tert-OH is 1. The zero-order chi connectivity index (χ0) is 24.6. The van der Waals surface area contributed by atoms with Crippen LogP contribution in [0.1, 0.15) is 31.7 Å². The van der Waals surface area contributed by atoms with Crippen LogP contribution < -0.4 is 27.4 Å². The van der Waals surface area contributed by atoms with E-state index in [9.17, 15) is 24.3 Å². The van der Waals surface area contributed by atoms with Crippen molar-refractivity contribution in [3.8, 4) is 0 Å². The summed E-state index contributed by atoms with van der Waals surface area (Å²) in [6.07, 6.45) is 0.444. The Labute approximate surface area is 192 Å². The molecule has 0 spiro atoms. The van der Waals surface area contributed by atoms with Crippen LogP contribution in [0.2, 0.25) is 0 Å². The number of alkyl carbamates (subject to hydrolysis) is 1. The number of nitrogens with two attached hydrogens (primary N) is 2. The number of nitrogens with zero attached hydrogens (tertiary/aromatic N) is 1. The number of rotatable bonds is 14. The van der Waals surface area contributed by atoms with E-state index in [0.717, 1.165) is 5.56 Å². The fraction of sp³-hybridized carbons (Fsp3) is 0.476. The van der Waals surface area contributed by atoms with E-state index < -0.39 is 36.0 Å². The summed E-state index contributed by atoms with van der Waals surface area (Å²) in [5.74, 6) is -1.33. The van der Waals surface area contributed by atoms with E-state index in [-0.39, 0.29) is 25.6 Å². The van der Waals surface area contributed by atoms with Crippen LogP contribution in [0.25, 0.3) is 0 Å². The summed E-state index contributed by atoms with van der Waals surface area (Å²) in [5.41, 5.74) is 11.2. The summed E-state index contributed by atoms with van der Waals surface area (Å²) >= 11 is 0. The third-order valence-electron chi connectivity index (χ3n) is 4.45. The molecular weight excluding hydrogens is 432 g/mol. The first-order valence-corrected chi connectivity index (χ1v) is 10.5. The minimum absolute atomic E-state index is 0.00914. The maximum Gasteiger partial charge on any atom is 0.408 e. The first-order valence-electron chi connectivity index (χ1n) is 10.5. The molecular formula is C21H32N6O6. The van der Waals surface area contributed by atoms with Crippen LogP contribution in [-0.2, 0) is 25.7 Å². The lowest BCUT2D eigenvalue weighted by atomic mass is 10.1. The normalized spacial score (nSPS) is 13.0. The van der Waals surface area contributed by atoms with Crippen molar-refractivity contribution >= 4 is 30.2 Å². The quantitative estimate of drug-likeness (QED) is 0.0863. The standard InChI is InChI=1S/C21H32N6O6/c1-14(18(30)26-16(12-29)8-5-10-24-20(22)23)25-19(31)17(9-11-28)27-21(32)33-13-15-6-3-2-4-7-15/h2-4,6-7,12,14,16-17,28H,5,8-11,13H2,1H3,(H,25,31)(H,26,30)(H,27,32)(H4,22,23,24)/t14-,16-,17+/m0/s1. The summed E-state index contributed by atoms with van der Waals surface area (Å²) in [6, 6.07) is 6.08. The molecule has 0 radical (unpaired) electrons. The Balaban J connectivity index is 2.53. The van der Waals surface area contributed by atoms with Gasteiger partial charge in [0.05, 0.1) is 6.04 Å². The number of aliphatic imine (C=N–C) groups is 1. The van der Waals surface area contributed by atoms with Gasteiger partial charge in [-0.2, -0.15) is 0 Å². The number of amides is 3. The molecule has 0 aliphatic rings. The van der Waals surface area contributed by atoms with Crippen LogP contribution in [0.3, 0.4) is 0 Å². The number of guanidine groups is 1. The van der Waals surface area contributed by atoms with E-state index >= 15 is 0 Å². The molecule has 0 aliphatic heterocycles. The highest BCUT2D eigenvalue weighted by Crippen LogP contribution is 2.02. The molecule has 0 saturated heterocycles. The molecule has 3 atom stereocenters. The number of nitrogens with one attached hydrogen (secondary N) is 3. The summed E-state index contributed by atoms with van der Waals surface area (Å²) in [7, 11) is 0. The summed E-state index contributed by atoms with van der Waals surface area (Å²) < 4.78 is 5.08. The van der Waals surface area contributed by atoms with Gasteiger partial charge in [-0.15, -0.1) is 0 Å². The van der Waals surface area contributed by atoms with Gasteiger partial charge in [-0.3, -0.25) is 14.6 Å². The average Bonchev–Trinajstić information content (AvgIpc) is 2.79. The minimum atomic E-state index is -1.12. The first-order chi connectivity index (χ1) is 15.8. The predicted molar refractivity (Wildman–Crippen MR) is 121 cm³/mol. The van der Waals surface area contributed by atoms with E-state index in [1.807, 2.05) is 6.07 Å². The smallest absolute Gasteiger partial charge is 0.408 e. The second-order valence-corrected chi connectivity index (χ2v) is 7.20. The van der Waals surface area contributed by atoms with Crippen LogP contribution in [0, 0.1) is 0 Å². The molecule has 0 saturated carbocycles. The van der Waals surface area contributed by atoms with Gasteiger partial charge in [-0.1, -0.05) is 30.3 Å². The molecule has 0 bridgehead atoms. The number of aliphatic hydroxyl groups is 1. The van der Waals surface area contributed by atoms with Crippen molar-refractivity contribution in [2.45, 2.75) is 50.9 Å². The van der Waals surface area contributed by atoms with Crippen LogP contribution in [-0.4, -0.2) is 66.5 Å². The van der Waals surface area contributed by atoms with Gasteiger partial charge in [0, 0.05) is 13.2 Å². The zero-order valence-electron chi connectivity index (χ0n) is 18.5. The molecule has 3 amide bonds. The van der Waals surface area contributed by atoms with Crippen LogP contribution in [0.15, 0.2) is 35.3 Å². The number of benzene rings is 1. The molecule has 12 nitrogen and oxygen atoms in total. The highest BCUT2D eigenvalue weighted by atomic mass is 16.5. The van der Waals surface area contributed by atoms with E-state index in [1.54, 1.807) is 24.3 Å². The molecule has 0 unspecified atom stereocenters. The number of carbonyl (C=O) groups excluding carboxylic acids is 4. The maximum atomic E-state index is 12.5. The van der Waals surface area contributed by atoms with Gasteiger partial charge < -0.3 is 42.1 Å². The lowest BCUT2D eigenvalue weighted by Gasteiger charge is -2.21. The number of hydrogen-bond donors (Lipinski definition) is 6. The largest absolute Gasteiger partial charge is 0.445 e. The van der Waals surface area contributed by atoms with Gasteiger partial charge in [-0.05, 0) is 31.7 Å². The molecule has 0 aliphatic carbocycles. The fourth-order valence-electron chi connectivity index (χ4n) is 2.69. The molecule has 1 aromatic carbocycles. The third-order valence-corrected chi connectivity index (χ3v) is 4.45. The highest BCUT2D eigenvalue weighted by molar-refractivity contribution is 5.91. The number of hydrogen-bond acceptors (Lipinski definition) is 7. The number of aldehydes is 1. The predicted octanol–water partition coefficient (Wildman–Crippen LogP) is -1.09. The maximum absolute atomic E-state index is 12.5. The van der Waals surface area contributed by atoms with Gasteiger partial charge in [0.25, 0.3) is 0 Å². The Morgan fingerprint density at radius 2 is 1.79 bits per heavy atom. The highest BCUT2D eigenvalue weighted by Gasteiger charge is 2.25. The van der Waals surface area contributed by atoms with Gasteiger partial charge in [0.15, 0.2) is 5.96 Å². The van der Waals surface area contributed by atoms with E-state index in [1.165, 1.54) is 6.92 Å². The molecule has 12 heteroatoms. The second-order valence-electron chi connectivity index (χ2n) is 7.20. The Morgan fingerprint density at radius 1 is 1.09 bits per heavy atom. The molecule has 0 aromatic heterocycles. The topological polar surface area (TPSA) is 198 Å². The fourth-order valence-corrected chi connectivity index (χ4v) is 2.69. The van der Waals surface area contributed by atoms with Crippen LogP contribution in [0.4, 0.5) is 4.79 Å². The molecule has 0 heterocycles. The molecule has 182 valence electrons. The van der Waals surface area contributed by atoms with Crippen molar-refractivity contribution in [2.75, 3.05) is 13.2 Å². The lowest BCUT2D eigenvalue weighted by Crippen LogP contribution is -2.54. The van der Waals surface area contributed by atoms with Crippen molar-refractivity contribution in [1.29, 1.82) is 0 Å². The SMILES string of the molecule is C[C@H](NC(=O)[C@@H](CCO)NC(=O)OCc1ccccc1)C(=O)N[C@H](C=O)CCCN=C(N)N.